The molecule has 0 heterocycles. The standard InChI is InChI=1S/C12H27O4PS/c1-2-3-4-5-6-8-11-18-12-9-7-10-16-17(13,14)15/h2-12H2,1H3,(H2,13,14,15). The maximum absolute atomic E-state index is 10.4. The lowest BCUT2D eigenvalue weighted by Crippen LogP contribution is -1.93. The van der Waals surface area contributed by atoms with Crippen molar-refractivity contribution in [3.05, 3.63) is 0 Å². The highest BCUT2D eigenvalue weighted by Crippen LogP contribution is 2.35. The van der Waals surface area contributed by atoms with E-state index >= 15 is 0 Å². The van der Waals surface area contributed by atoms with Crippen LogP contribution >= 0.6 is 19.6 Å². The monoisotopic (exact) mass is 298 g/mol. The average Bonchev–Trinajstić information content (AvgIpc) is 2.29. The fraction of sp³-hybridized carbons (Fsp3) is 1.00. The Bertz CT molecular complexity index is 220. The highest BCUT2D eigenvalue weighted by molar-refractivity contribution is 7.99. The van der Waals surface area contributed by atoms with Crippen molar-refractivity contribution in [1.82, 2.24) is 0 Å². The molecule has 0 saturated carbocycles. The highest BCUT2D eigenvalue weighted by atomic mass is 32.2. The van der Waals surface area contributed by atoms with Gasteiger partial charge in [-0.05, 0) is 30.8 Å². The quantitative estimate of drug-likeness (QED) is 0.398. The Morgan fingerprint density at radius 2 is 1.50 bits per heavy atom. The molecule has 0 aromatic heterocycles. The summed E-state index contributed by atoms with van der Waals surface area (Å²) in [4.78, 5) is 16.9. The molecule has 0 aromatic carbocycles. The first kappa shape index (κ1) is 18.5. The van der Waals surface area contributed by atoms with E-state index in [1.807, 2.05) is 11.8 Å². The zero-order valence-corrected chi connectivity index (χ0v) is 13.1. The van der Waals surface area contributed by atoms with Crippen LogP contribution in [0.15, 0.2) is 0 Å². The lowest BCUT2D eigenvalue weighted by atomic mass is 10.1. The van der Waals surface area contributed by atoms with Crippen LogP contribution in [-0.2, 0) is 9.09 Å². The summed E-state index contributed by atoms with van der Waals surface area (Å²) in [5.41, 5.74) is 0. The molecule has 0 unspecified atom stereocenters. The number of unbranched alkanes of at least 4 members (excludes halogenated alkanes) is 6. The third-order valence-electron chi connectivity index (χ3n) is 2.58. The van der Waals surface area contributed by atoms with E-state index in [0.29, 0.717) is 6.42 Å². The third-order valence-corrected chi connectivity index (χ3v) is 4.26. The number of hydrogen-bond acceptors (Lipinski definition) is 3. The molecule has 0 aliphatic carbocycles. The van der Waals surface area contributed by atoms with E-state index in [0.717, 1.165) is 12.2 Å². The second-order valence-electron chi connectivity index (χ2n) is 4.41. The average molecular weight is 298 g/mol. The van der Waals surface area contributed by atoms with Gasteiger partial charge in [0.2, 0.25) is 0 Å². The summed E-state index contributed by atoms with van der Waals surface area (Å²) in [7, 11) is -4.25. The minimum atomic E-state index is -4.25. The molecular formula is C12H27O4PS. The predicted molar refractivity (Wildman–Crippen MR) is 77.9 cm³/mol. The van der Waals surface area contributed by atoms with Gasteiger partial charge in [-0.3, -0.25) is 4.52 Å². The molecular weight excluding hydrogens is 271 g/mol. The van der Waals surface area contributed by atoms with Crippen molar-refractivity contribution >= 4 is 19.6 Å². The summed E-state index contributed by atoms with van der Waals surface area (Å²) in [6.45, 7) is 2.38. The molecule has 0 aliphatic heterocycles. The van der Waals surface area contributed by atoms with Crippen molar-refractivity contribution in [2.45, 2.75) is 58.3 Å². The Balaban J connectivity index is 3.01. The van der Waals surface area contributed by atoms with Crippen LogP contribution in [0.25, 0.3) is 0 Å². The molecule has 4 nitrogen and oxygen atoms in total. The largest absolute Gasteiger partial charge is 0.469 e. The van der Waals surface area contributed by atoms with E-state index in [-0.39, 0.29) is 6.61 Å². The number of phosphoric ester groups is 1. The lowest BCUT2D eigenvalue weighted by Gasteiger charge is -2.05. The SMILES string of the molecule is CCCCCCCCSCCCCOP(=O)(O)O. The molecule has 0 aliphatic rings. The van der Waals surface area contributed by atoms with Gasteiger partial charge in [0.1, 0.15) is 0 Å². The lowest BCUT2D eigenvalue weighted by molar-refractivity contribution is 0.195. The number of rotatable bonds is 13. The van der Waals surface area contributed by atoms with Gasteiger partial charge in [-0.15, -0.1) is 0 Å². The Morgan fingerprint density at radius 3 is 2.11 bits per heavy atom. The van der Waals surface area contributed by atoms with Gasteiger partial charge in [0, 0.05) is 0 Å². The molecule has 2 N–H and O–H groups in total. The van der Waals surface area contributed by atoms with Crippen LogP contribution in [0.3, 0.4) is 0 Å². The van der Waals surface area contributed by atoms with E-state index in [1.54, 1.807) is 0 Å². The van der Waals surface area contributed by atoms with Crippen LogP contribution in [0.1, 0.15) is 58.3 Å². The molecule has 0 rings (SSSR count). The Labute approximate surface area is 115 Å². The van der Waals surface area contributed by atoms with Gasteiger partial charge in [0.15, 0.2) is 0 Å². The summed E-state index contributed by atoms with van der Waals surface area (Å²) >= 11 is 1.93. The second-order valence-corrected chi connectivity index (χ2v) is 6.88. The summed E-state index contributed by atoms with van der Waals surface area (Å²) in [5.74, 6) is 2.25. The first-order chi connectivity index (χ1) is 8.56. The molecule has 0 saturated heterocycles. The Morgan fingerprint density at radius 1 is 0.944 bits per heavy atom. The normalized spacial score (nSPS) is 11.9. The molecule has 0 aromatic rings. The van der Waals surface area contributed by atoms with Crippen LogP contribution < -0.4 is 0 Å². The summed E-state index contributed by atoms with van der Waals surface area (Å²) < 4.78 is 14.7. The zero-order valence-electron chi connectivity index (χ0n) is 11.3. The molecule has 0 radical (unpaired) electrons. The fourth-order valence-corrected chi connectivity index (χ4v) is 2.96. The number of hydrogen-bond donors (Lipinski definition) is 2. The van der Waals surface area contributed by atoms with Gasteiger partial charge in [-0.25, -0.2) is 4.57 Å². The molecule has 0 amide bonds. The minimum absolute atomic E-state index is 0.155. The third kappa shape index (κ3) is 16.5. The number of thioether (sulfide) groups is 1. The molecule has 18 heavy (non-hydrogen) atoms. The van der Waals surface area contributed by atoms with Gasteiger partial charge in [0.25, 0.3) is 0 Å². The second kappa shape index (κ2) is 12.5. The van der Waals surface area contributed by atoms with Crippen molar-refractivity contribution in [3.63, 3.8) is 0 Å². The Kier molecular flexibility index (Phi) is 12.8. The minimum Gasteiger partial charge on any atom is -0.303 e. The van der Waals surface area contributed by atoms with Gasteiger partial charge in [-0.1, -0.05) is 39.0 Å². The smallest absolute Gasteiger partial charge is 0.303 e. The molecule has 0 spiro atoms. The van der Waals surface area contributed by atoms with Crippen LogP contribution in [0.4, 0.5) is 0 Å². The predicted octanol–water partition coefficient (Wildman–Crippen LogP) is 3.97. The van der Waals surface area contributed by atoms with Crippen molar-refractivity contribution in [2.75, 3.05) is 18.1 Å². The number of phosphoric acid groups is 1. The first-order valence-electron chi connectivity index (χ1n) is 6.84. The summed E-state index contributed by atoms with van der Waals surface area (Å²) in [6.07, 6.45) is 9.65. The summed E-state index contributed by atoms with van der Waals surface area (Å²) in [6, 6.07) is 0. The van der Waals surface area contributed by atoms with E-state index in [4.69, 9.17) is 9.79 Å². The Hall–Kier alpha value is 0.460. The summed E-state index contributed by atoms with van der Waals surface area (Å²) in [5, 5.41) is 0. The van der Waals surface area contributed by atoms with E-state index < -0.39 is 7.82 Å². The van der Waals surface area contributed by atoms with Gasteiger partial charge < -0.3 is 9.79 Å². The van der Waals surface area contributed by atoms with Crippen molar-refractivity contribution in [2.24, 2.45) is 0 Å². The zero-order chi connectivity index (χ0) is 13.7. The topological polar surface area (TPSA) is 66.8 Å². The molecule has 0 bridgehead atoms. The van der Waals surface area contributed by atoms with Crippen LogP contribution in [0.2, 0.25) is 0 Å². The maximum Gasteiger partial charge on any atom is 0.469 e. The maximum atomic E-state index is 10.4. The molecule has 0 atom stereocenters. The van der Waals surface area contributed by atoms with E-state index in [2.05, 4.69) is 11.4 Å². The van der Waals surface area contributed by atoms with Gasteiger partial charge >= 0.3 is 7.82 Å². The van der Waals surface area contributed by atoms with Gasteiger partial charge in [0.05, 0.1) is 6.61 Å². The molecule has 110 valence electrons. The van der Waals surface area contributed by atoms with Crippen molar-refractivity contribution < 1.29 is 18.9 Å². The van der Waals surface area contributed by atoms with E-state index in [1.165, 1.54) is 44.3 Å². The fourth-order valence-electron chi connectivity index (χ4n) is 1.58. The highest BCUT2D eigenvalue weighted by Gasteiger charge is 2.12. The van der Waals surface area contributed by atoms with Crippen LogP contribution in [0.5, 0.6) is 0 Å². The first-order valence-corrected chi connectivity index (χ1v) is 9.52. The van der Waals surface area contributed by atoms with E-state index in [9.17, 15) is 4.57 Å². The van der Waals surface area contributed by atoms with Crippen LogP contribution in [0, 0.1) is 0 Å². The van der Waals surface area contributed by atoms with Gasteiger partial charge in [-0.2, -0.15) is 11.8 Å². The van der Waals surface area contributed by atoms with Crippen molar-refractivity contribution in [3.8, 4) is 0 Å². The molecule has 6 heteroatoms. The molecule has 0 fully saturated rings. The van der Waals surface area contributed by atoms with Crippen molar-refractivity contribution in [1.29, 1.82) is 0 Å². The van der Waals surface area contributed by atoms with Crippen LogP contribution in [-0.4, -0.2) is 27.9 Å².